The average Bonchev–Trinajstić information content (AvgIpc) is 2.18. The molecule has 0 aliphatic rings. The first-order valence-electron chi connectivity index (χ1n) is 4.89. The van der Waals surface area contributed by atoms with E-state index in [1.54, 1.807) is 0 Å². The maximum absolute atomic E-state index is 5.58. The van der Waals surface area contributed by atoms with Crippen LogP contribution in [0.15, 0.2) is 27.6 Å². The molecule has 14 heavy (non-hydrogen) atoms. The van der Waals surface area contributed by atoms with E-state index in [9.17, 15) is 0 Å². The van der Waals surface area contributed by atoms with Crippen molar-refractivity contribution in [2.24, 2.45) is 5.73 Å². The van der Waals surface area contributed by atoms with E-state index in [4.69, 9.17) is 5.73 Å². The Hall–Kier alpha value is 0.01000. The van der Waals surface area contributed by atoms with E-state index in [2.05, 4.69) is 41.1 Å². The Morgan fingerprint density at radius 2 is 2.21 bits per heavy atom. The van der Waals surface area contributed by atoms with E-state index in [0.29, 0.717) is 0 Å². The van der Waals surface area contributed by atoms with Gasteiger partial charge in [0.25, 0.3) is 0 Å². The van der Waals surface area contributed by atoms with E-state index in [0.717, 1.165) is 17.4 Å². The molecule has 0 heterocycles. The minimum absolute atomic E-state index is 0.724. The lowest BCUT2D eigenvalue weighted by Gasteiger charge is -2.08. The van der Waals surface area contributed by atoms with Crippen LogP contribution in [0, 0.1) is 0 Å². The Balaban J connectivity index is 2.79. The largest absolute Gasteiger partial charge is 0.330 e. The molecular weight excluding hydrogens is 258 g/mol. The van der Waals surface area contributed by atoms with Crippen molar-refractivity contribution in [3.05, 3.63) is 28.2 Å². The summed E-state index contributed by atoms with van der Waals surface area (Å²) in [5.74, 6) is 1.17. The molecule has 1 nitrogen and oxygen atoms in total. The maximum Gasteiger partial charge on any atom is 0.0186 e. The highest BCUT2D eigenvalue weighted by atomic mass is 79.9. The third kappa shape index (κ3) is 3.64. The van der Waals surface area contributed by atoms with Crippen LogP contribution in [0.5, 0.6) is 0 Å². The standard InChI is InChI=1S/C11H16BrNS/c1-2-7-14-11-8-10(12)4-3-9(11)5-6-13/h3-4,8H,2,5-7,13H2,1H3. The molecule has 1 aromatic carbocycles. The van der Waals surface area contributed by atoms with Gasteiger partial charge in [-0.2, -0.15) is 0 Å². The minimum atomic E-state index is 0.724. The van der Waals surface area contributed by atoms with Gasteiger partial charge >= 0.3 is 0 Å². The number of hydrogen-bond acceptors (Lipinski definition) is 2. The van der Waals surface area contributed by atoms with Crippen LogP contribution in [0.1, 0.15) is 18.9 Å². The summed E-state index contributed by atoms with van der Waals surface area (Å²) < 4.78 is 1.15. The van der Waals surface area contributed by atoms with Crippen LogP contribution in [-0.4, -0.2) is 12.3 Å². The van der Waals surface area contributed by atoms with Gasteiger partial charge in [0.15, 0.2) is 0 Å². The van der Waals surface area contributed by atoms with Crippen molar-refractivity contribution in [2.75, 3.05) is 12.3 Å². The quantitative estimate of drug-likeness (QED) is 0.832. The molecule has 0 aliphatic heterocycles. The molecular formula is C11H16BrNS. The van der Waals surface area contributed by atoms with Crippen LogP contribution in [0.2, 0.25) is 0 Å². The molecule has 0 radical (unpaired) electrons. The van der Waals surface area contributed by atoms with Crippen molar-refractivity contribution >= 4 is 27.7 Å². The molecule has 3 heteroatoms. The molecule has 78 valence electrons. The summed E-state index contributed by atoms with van der Waals surface area (Å²) >= 11 is 5.41. The van der Waals surface area contributed by atoms with Crippen molar-refractivity contribution in [3.8, 4) is 0 Å². The highest BCUT2D eigenvalue weighted by molar-refractivity contribution is 9.10. The molecule has 1 rings (SSSR count). The van der Waals surface area contributed by atoms with Crippen LogP contribution in [0.4, 0.5) is 0 Å². The SMILES string of the molecule is CCCSc1cc(Br)ccc1CCN. The van der Waals surface area contributed by atoms with Gasteiger partial charge in [-0.15, -0.1) is 11.8 Å². The van der Waals surface area contributed by atoms with Gasteiger partial charge in [-0.05, 0) is 42.8 Å². The molecule has 2 N–H and O–H groups in total. The monoisotopic (exact) mass is 273 g/mol. The summed E-state index contributed by atoms with van der Waals surface area (Å²) in [6, 6.07) is 6.43. The number of halogens is 1. The lowest BCUT2D eigenvalue weighted by Crippen LogP contribution is -2.03. The Kier molecular flexibility index (Phi) is 5.60. The summed E-state index contributed by atoms with van der Waals surface area (Å²) in [5, 5.41) is 0. The highest BCUT2D eigenvalue weighted by Crippen LogP contribution is 2.27. The van der Waals surface area contributed by atoms with Gasteiger partial charge < -0.3 is 5.73 Å². The van der Waals surface area contributed by atoms with Crippen molar-refractivity contribution < 1.29 is 0 Å². The topological polar surface area (TPSA) is 26.0 Å². The highest BCUT2D eigenvalue weighted by Gasteiger charge is 2.02. The number of nitrogens with two attached hydrogens (primary N) is 1. The van der Waals surface area contributed by atoms with Gasteiger partial charge in [0.1, 0.15) is 0 Å². The average molecular weight is 274 g/mol. The summed E-state index contributed by atoms with van der Waals surface area (Å²) in [5.41, 5.74) is 6.94. The second-order valence-corrected chi connectivity index (χ2v) is 5.19. The fourth-order valence-corrected chi connectivity index (χ4v) is 2.74. The van der Waals surface area contributed by atoms with E-state index >= 15 is 0 Å². The smallest absolute Gasteiger partial charge is 0.0186 e. The Morgan fingerprint density at radius 1 is 1.43 bits per heavy atom. The van der Waals surface area contributed by atoms with Gasteiger partial charge in [0, 0.05) is 9.37 Å². The summed E-state index contributed by atoms with van der Waals surface area (Å²) in [4.78, 5) is 1.37. The zero-order chi connectivity index (χ0) is 10.4. The third-order valence-electron chi connectivity index (χ3n) is 1.90. The number of benzene rings is 1. The maximum atomic E-state index is 5.58. The third-order valence-corrected chi connectivity index (χ3v) is 3.70. The van der Waals surface area contributed by atoms with Crippen LogP contribution in [-0.2, 0) is 6.42 Å². The van der Waals surface area contributed by atoms with E-state index < -0.39 is 0 Å². The molecule has 0 spiro atoms. The van der Waals surface area contributed by atoms with E-state index in [1.807, 2.05) is 11.8 Å². The molecule has 0 amide bonds. The Bertz CT molecular complexity index is 289. The zero-order valence-corrected chi connectivity index (χ0v) is 10.8. The van der Waals surface area contributed by atoms with Gasteiger partial charge in [-0.1, -0.05) is 28.9 Å². The zero-order valence-electron chi connectivity index (χ0n) is 8.42. The van der Waals surface area contributed by atoms with Crippen LogP contribution < -0.4 is 5.73 Å². The molecule has 0 fully saturated rings. The fourth-order valence-electron chi connectivity index (χ4n) is 1.24. The predicted octanol–water partition coefficient (Wildman–Crippen LogP) is 3.45. The lowest BCUT2D eigenvalue weighted by molar-refractivity contribution is 0.942. The van der Waals surface area contributed by atoms with Gasteiger partial charge in [0.05, 0.1) is 0 Å². The fraction of sp³-hybridized carbons (Fsp3) is 0.455. The van der Waals surface area contributed by atoms with Crippen molar-refractivity contribution in [1.29, 1.82) is 0 Å². The Labute approximate surface area is 98.6 Å². The number of thioether (sulfide) groups is 1. The minimum Gasteiger partial charge on any atom is -0.330 e. The van der Waals surface area contributed by atoms with E-state index in [1.165, 1.54) is 22.6 Å². The number of rotatable bonds is 5. The summed E-state index contributed by atoms with van der Waals surface area (Å²) in [7, 11) is 0. The molecule has 0 bridgehead atoms. The number of hydrogen-bond donors (Lipinski definition) is 1. The molecule has 0 aromatic heterocycles. The second-order valence-electron chi connectivity index (χ2n) is 3.14. The summed E-state index contributed by atoms with van der Waals surface area (Å²) in [6.07, 6.45) is 2.18. The summed E-state index contributed by atoms with van der Waals surface area (Å²) in [6.45, 7) is 2.93. The first kappa shape index (κ1) is 12.1. The van der Waals surface area contributed by atoms with Crippen LogP contribution in [0.25, 0.3) is 0 Å². The molecule has 0 saturated heterocycles. The van der Waals surface area contributed by atoms with Crippen molar-refractivity contribution in [2.45, 2.75) is 24.7 Å². The Morgan fingerprint density at radius 3 is 2.86 bits per heavy atom. The van der Waals surface area contributed by atoms with E-state index in [-0.39, 0.29) is 0 Å². The lowest BCUT2D eigenvalue weighted by atomic mass is 10.1. The van der Waals surface area contributed by atoms with Gasteiger partial charge in [-0.25, -0.2) is 0 Å². The molecule has 0 saturated carbocycles. The predicted molar refractivity (Wildman–Crippen MR) is 67.9 cm³/mol. The van der Waals surface area contributed by atoms with Crippen molar-refractivity contribution in [1.82, 2.24) is 0 Å². The van der Waals surface area contributed by atoms with Crippen LogP contribution in [0.3, 0.4) is 0 Å². The molecule has 0 atom stereocenters. The molecule has 1 aromatic rings. The van der Waals surface area contributed by atoms with Gasteiger partial charge in [0.2, 0.25) is 0 Å². The second kappa shape index (κ2) is 6.49. The first-order chi connectivity index (χ1) is 6.77. The van der Waals surface area contributed by atoms with Crippen LogP contribution >= 0.6 is 27.7 Å². The van der Waals surface area contributed by atoms with Crippen molar-refractivity contribution in [3.63, 3.8) is 0 Å². The van der Waals surface area contributed by atoms with Gasteiger partial charge in [-0.3, -0.25) is 0 Å². The first-order valence-corrected chi connectivity index (χ1v) is 6.67. The molecule has 0 aliphatic carbocycles. The normalized spacial score (nSPS) is 10.5. The molecule has 0 unspecified atom stereocenters.